The van der Waals surface area contributed by atoms with Crippen LogP contribution in [0.4, 0.5) is 26.3 Å². The van der Waals surface area contributed by atoms with Crippen molar-refractivity contribution in [2.45, 2.75) is 154 Å². The van der Waals surface area contributed by atoms with Crippen molar-refractivity contribution in [3.8, 4) is 28.4 Å². The van der Waals surface area contributed by atoms with Crippen LogP contribution in [0.25, 0.3) is 17.2 Å². The number of halogens is 6. The lowest BCUT2D eigenvalue weighted by Gasteiger charge is -2.37. The molecule has 9 heteroatoms. The summed E-state index contributed by atoms with van der Waals surface area (Å²) in [6.45, 7) is 12.0. The van der Waals surface area contributed by atoms with Crippen LogP contribution in [-0.2, 0) is 0 Å². The minimum absolute atomic E-state index is 0.0103. The molecule has 9 rings (SSSR count). The Morgan fingerprint density at radius 3 is 1.38 bits per heavy atom. The highest BCUT2D eigenvalue weighted by Gasteiger charge is 2.33. The molecule has 412 valence electrons. The Kier molecular flexibility index (Phi) is 22.3. The van der Waals surface area contributed by atoms with Gasteiger partial charge in [0.1, 0.15) is 0 Å². The second kappa shape index (κ2) is 29.0. The molecule has 0 spiro atoms. The molecule has 0 unspecified atom stereocenters. The van der Waals surface area contributed by atoms with E-state index < -0.39 is 34.9 Å². The van der Waals surface area contributed by atoms with Crippen LogP contribution in [0.3, 0.4) is 0 Å². The maximum atomic E-state index is 14.3. The number of hydrogen-bond acceptors (Lipinski definition) is 3. The number of rotatable bonds is 14. The standard InChI is InChI=1S/C25H34F2O.C21H28F2O.C21H22F2O/c1-3-5-18-6-11-20(12-7-18)21-13-8-19(9-14-21)10-15-22-16-17-23(28-4-2)25(27)24(22)26;2*1-3-14-4-6-15(7-5-14)16-8-10-17(11-9-16)18-12-13-19(24-2)21(23)20(18)22/h3,5,10,15-21H,4,6-9,11-14H2,1-2H3;3,12-17H,1,4-11H2,2H3;3,8-15H,1,4-7H2,2H3/b5-3?,15-10+;;. The van der Waals surface area contributed by atoms with Gasteiger partial charge in [-0.15, -0.1) is 13.2 Å². The molecule has 0 aromatic heterocycles. The first-order valence-electron chi connectivity index (χ1n) is 28.7. The molecule has 0 radical (unpaired) electrons. The highest BCUT2D eigenvalue weighted by molar-refractivity contribution is 5.66. The molecule has 4 aromatic rings. The molecule has 5 aliphatic carbocycles. The summed E-state index contributed by atoms with van der Waals surface area (Å²) < 4.78 is 99.4. The lowest BCUT2D eigenvalue weighted by Crippen LogP contribution is -2.25. The van der Waals surface area contributed by atoms with Crippen LogP contribution in [0.5, 0.6) is 17.2 Å². The van der Waals surface area contributed by atoms with Crippen molar-refractivity contribution in [1.82, 2.24) is 0 Å². The summed E-state index contributed by atoms with van der Waals surface area (Å²) in [7, 11) is 2.69. The summed E-state index contributed by atoms with van der Waals surface area (Å²) >= 11 is 0. The Balaban J connectivity index is 0.000000167. The second-order valence-electron chi connectivity index (χ2n) is 22.4. The van der Waals surface area contributed by atoms with Gasteiger partial charge in [-0.3, -0.25) is 0 Å². The zero-order chi connectivity index (χ0) is 54.1. The van der Waals surface area contributed by atoms with Crippen molar-refractivity contribution in [3.63, 3.8) is 0 Å². The van der Waals surface area contributed by atoms with Crippen molar-refractivity contribution in [2.24, 2.45) is 47.3 Å². The van der Waals surface area contributed by atoms with Crippen molar-refractivity contribution in [3.05, 3.63) is 156 Å². The Bertz CT molecular complexity index is 2510. The number of hydrogen-bond donors (Lipinski definition) is 0. The lowest BCUT2D eigenvalue weighted by molar-refractivity contribution is 0.166. The van der Waals surface area contributed by atoms with E-state index in [1.807, 2.05) is 24.3 Å². The number of allylic oxidation sites excluding steroid dienone is 5. The van der Waals surface area contributed by atoms with Gasteiger partial charge in [0.05, 0.1) is 20.8 Å². The summed E-state index contributed by atoms with van der Waals surface area (Å²) in [6, 6.07) is 17.2. The zero-order valence-electron chi connectivity index (χ0n) is 45.8. The van der Waals surface area contributed by atoms with Gasteiger partial charge >= 0.3 is 0 Å². The van der Waals surface area contributed by atoms with Gasteiger partial charge in [-0.05, 0) is 248 Å². The zero-order valence-corrected chi connectivity index (χ0v) is 45.8. The van der Waals surface area contributed by atoms with Crippen molar-refractivity contribution < 1.29 is 40.6 Å². The first kappa shape index (κ1) is 58.5. The van der Waals surface area contributed by atoms with Crippen molar-refractivity contribution >= 4 is 6.08 Å². The summed E-state index contributed by atoms with van der Waals surface area (Å²) in [5, 5.41) is 0. The molecule has 5 saturated carbocycles. The average Bonchev–Trinajstić information content (AvgIpc) is 3.47. The molecule has 0 amide bonds. The highest BCUT2D eigenvalue weighted by Crippen LogP contribution is 2.46. The second-order valence-corrected chi connectivity index (χ2v) is 22.4. The molecule has 5 fully saturated rings. The van der Waals surface area contributed by atoms with E-state index in [-0.39, 0.29) is 28.7 Å². The lowest BCUT2D eigenvalue weighted by atomic mass is 9.68. The summed E-state index contributed by atoms with van der Waals surface area (Å²) in [5.41, 5.74) is 3.05. The van der Waals surface area contributed by atoms with E-state index in [1.54, 1.807) is 37.3 Å². The predicted molar refractivity (Wildman–Crippen MR) is 299 cm³/mol. The third-order valence-corrected chi connectivity index (χ3v) is 18.1. The van der Waals surface area contributed by atoms with Crippen LogP contribution >= 0.6 is 0 Å². The maximum absolute atomic E-state index is 14.3. The number of ether oxygens (including phenoxy) is 3. The van der Waals surface area contributed by atoms with E-state index >= 15 is 0 Å². The summed E-state index contributed by atoms with van der Waals surface area (Å²) in [4.78, 5) is 0. The minimum Gasteiger partial charge on any atom is -0.494 e. The van der Waals surface area contributed by atoms with Gasteiger partial charge in [0.25, 0.3) is 0 Å². The topological polar surface area (TPSA) is 27.7 Å². The fraction of sp³-hybridized carbons (Fsp3) is 0.522. The van der Waals surface area contributed by atoms with Gasteiger partial charge in [-0.2, -0.15) is 13.2 Å². The predicted octanol–water partition coefficient (Wildman–Crippen LogP) is 19.9. The fourth-order valence-corrected chi connectivity index (χ4v) is 13.4. The van der Waals surface area contributed by atoms with Gasteiger partial charge in [0.15, 0.2) is 34.7 Å². The smallest absolute Gasteiger partial charge is 0.201 e. The largest absolute Gasteiger partial charge is 0.494 e. The Hall–Kier alpha value is -5.18. The third-order valence-electron chi connectivity index (χ3n) is 18.1. The van der Waals surface area contributed by atoms with E-state index in [0.29, 0.717) is 47.0 Å². The molecule has 0 heterocycles. The van der Waals surface area contributed by atoms with Crippen LogP contribution in [-0.4, -0.2) is 20.8 Å². The van der Waals surface area contributed by atoms with E-state index in [4.69, 9.17) is 14.2 Å². The maximum Gasteiger partial charge on any atom is 0.201 e. The van der Waals surface area contributed by atoms with Crippen LogP contribution in [0.1, 0.15) is 171 Å². The van der Waals surface area contributed by atoms with Gasteiger partial charge in [0, 0.05) is 11.1 Å². The molecule has 0 aliphatic heterocycles. The van der Waals surface area contributed by atoms with Crippen LogP contribution in [0.2, 0.25) is 0 Å². The SMILES string of the molecule is C=CC1CCC(C2CCC(c3ccc(OC)c(F)c3F)CC2)CC1.C=CC1CCC(c2ccc(-c3ccc(OC)c(F)c3F)cc2)CC1.CC=CC1CCC(C2CCC(/C=C/c3ccc(OCC)c(F)c3F)CC2)CC1. The van der Waals surface area contributed by atoms with E-state index in [1.165, 1.54) is 109 Å². The first-order valence-corrected chi connectivity index (χ1v) is 28.7. The summed E-state index contributed by atoms with van der Waals surface area (Å²) in [6.07, 6.45) is 36.9. The molecule has 4 aromatic carbocycles. The van der Waals surface area contributed by atoms with E-state index in [2.05, 4.69) is 50.5 Å². The quantitative estimate of drug-likeness (QED) is 0.0930. The molecule has 0 saturated heterocycles. The molecular formula is C67H84F6O3. The fourth-order valence-electron chi connectivity index (χ4n) is 13.4. The van der Waals surface area contributed by atoms with Gasteiger partial charge < -0.3 is 14.2 Å². The minimum atomic E-state index is -0.943. The molecule has 0 atom stereocenters. The molecule has 0 N–H and O–H groups in total. The van der Waals surface area contributed by atoms with E-state index in [0.717, 1.165) is 81.0 Å². The normalized spacial score (nSPS) is 26.9. The van der Waals surface area contributed by atoms with Crippen LogP contribution in [0.15, 0.2) is 104 Å². The Morgan fingerprint density at radius 2 is 0.882 bits per heavy atom. The third kappa shape index (κ3) is 15.1. The Morgan fingerprint density at radius 1 is 0.447 bits per heavy atom. The first-order chi connectivity index (χ1) is 36.9. The van der Waals surface area contributed by atoms with Gasteiger partial charge in [0.2, 0.25) is 17.5 Å². The van der Waals surface area contributed by atoms with Crippen LogP contribution in [0, 0.1) is 82.2 Å². The Labute approximate surface area is 451 Å². The average molecular weight is 1050 g/mol. The van der Waals surface area contributed by atoms with Crippen molar-refractivity contribution in [2.75, 3.05) is 20.8 Å². The molecule has 76 heavy (non-hydrogen) atoms. The monoisotopic (exact) mass is 1050 g/mol. The number of methoxy groups -OCH3 is 2. The van der Waals surface area contributed by atoms with Gasteiger partial charge in [-0.1, -0.05) is 66.8 Å². The molecule has 0 bridgehead atoms. The molecular weight excluding hydrogens is 967 g/mol. The van der Waals surface area contributed by atoms with E-state index in [9.17, 15) is 26.3 Å². The van der Waals surface area contributed by atoms with Crippen molar-refractivity contribution in [1.29, 1.82) is 0 Å². The summed E-state index contributed by atoms with van der Waals surface area (Å²) in [5.74, 6) is 1.46. The molecule has 5 aliphatic rings. The highest BCUT2D eigenvalue weighted by atomic mass is 19.2. The molecule has 3 nitrogen and oxygen atoms in total. The number of benzene rings is 4. The van der Waals surface area contributed by atoms with Gasteiger partial charge in [-0.25, -0.2) is 13.2 Å². The van der Waals surface area contributed by atoms with Crippen LogP contribution < -0.4 is 14.2 Å².